The number of carbonyl (C=O) groups excluding carboxylic acids is 4. The first-order valence-corrected chi connectivity index (χ1v) is 12.7. The van der Waals surface area contributed by atoms with Crippen LogP contribution in [-0.2, 0) is 28.7 Å². The Morgan fingerprint density at radius 3 is 1.46 bits per heavy atom. The van der Waals surface area contributed by atoms with E-state index in [4.69, 9.17) is 14.6 Å². The Balaban J connectivity index is 5.74. The molecule has 0 rings (SSSR count). The highest BCUT2D eigenvalue weighted by Gasteiger charge is 2.33. The van der Waals surface area contributed by atoms with Crippen LogP contribution in [0, 0.1) is 11.8 Å². The molecule has 0 aliphatic carbocycles. The van der Waals surface area contributed by atoms with Gasteiger partial charge in [0.15, 0.2) is 0 Å². The van der Waals surface area contributed by atoms with Crippen LogP contribution in [0.15, 0.2) is 0 Å². The number of carbonyl (C=O) groups is 5. The van der Waals surface area contributed by atoms with Crippen LogP contribution in [0.4, 0.5) is 4.79 Å². The van der Waals surface area contributed by atoms with Gasteiger partial charge < -0.3 is 30.5 Å². The molecule has 0 aromatic rings. The van der Waals surface area contributed by atoms with Crippen LogP contribution < -0.4 is 16.0 Å². The molecule has 1 unspecified atom stereocenters. The Morgan fingerprint density at radius 1 is 0.676 bits per heavy atom. The van der Waals surface area contributed by atoms with E-state index < -0.39 is 59.2 Å². The first-order valence-electron chi connectivity index (χ1n) is 12.7. The Kier molecular flexibility index (Phi) is 13.6. The van der Waals surface area contributed by atoms with Crippen molar-refractivity contribution in [2.75, 3.05) is 0 Å². The lowest BCUT2D eigenvalue weighted by Gasteiger charge is -2.28. The van der Waals surface area contributed by atoms with Gasteiger partial charge >= 0.3 is 18.0 Å². The van der Waals surface area contributed by atoms with E-state index in [-0.39, 0.29) is 31.1 Å². The van der Waals surface area contributed by atoms with Crippen LogP contribution in [0.1, 0.15) is 94.9 Å². The van der Waals surface area contributed by atoms with Crippen LogP contribution in [0.25, 0.3) is 0 Å². The molecule has 11 nitrogen and oxygen atoms in total. The van der Waals surface area contributed by atoms with E-state index in [2.05, 4.69) is 16.0 Å². The van der Waals surface area contributed by atoms with Gasteiger partial charge in [-0.25, -0.2) is 9.59 Å². The Hall–Kier alpha value is -2.85. The van der Waals surface area contributed by atoms with E-state index in [0.717, 1.165) is 0 Å². The minimum Gasteiger partial charge on any atom is -0.481 e. The number of esters is 1. The summed E-state index contributed by atoms with van der Waals surface area (Å²) < 4.78 is 10.6. The topological polar surface area (TPSA) is 160 Å². The smallest absolute Gasteiger partial charge is 0.408 e. The predicted molar refractivity (Wildman–Crippen MR) is 139 cm³/mol. The fourth-order valence-electron chi connectivity index (χ4n) is 3.29. The van der Waals surface area contributed by atoms with Crippen molar-refractivity contribution in [1.29, 1.82) is 0 Å². The van der Waals surface area contributed by atoms with E-state index in [1.807, 2.05) is 27.7 Å². The van der Waals surface area contributed by atoms with E-state index in [1.165, 1.54) is 0 Å². The highest BCUT2D eigenvalue weighted by atomic mass is 16.6. The molecule has 11 heteroatoms. The summed E-state index contributed by atoms with van der Waals surface area (Å²) in [4.78, 5) is 62.4. The van der Waals surface area contributed by atoms with Gasteiger partial charge in [0.1, 0.15) is 29.3 Å². The summed E-state index contributed by atoms with van der Waals surface area (Å²) in [5, 5.41) is 16.9. The molecule has 0 aromatic heterocycles. The van der Waals surface area contributed by atoms with Gasteiger partial charge in [-0.15, -0.1) is 0 Å². The minimum atomic E-state index is -1.21. The number of nitrogens with one attached hydrogen (secondary N) is 3. The van der Waals surface area contributed by atoms with Gasteiger partial charge in [-0.3, -0.25) is 14.4 Å². The Bertz CT molecular complexity index is 797. The van der Waals surface area contributed by atoms with Crippen LogP contribution in [0.5, 0.6) is 0 Å². The van der Waals surface area contributed by atoms with E-state index in [1.54, 1.807) is 41.5 Å². The molecule has 0 aliphatic rings. The molecule has 0 bridgehead atoms. The third-order valence-electron chi connectivity index (χ3n) is 4.71. The molecule has 37 heavy (non-hydrogen) atoms. The predicted octanol–water partition coefficient (Wildman–Crippen LogP) is 3.15. The first kappa shape index (κ1) is 34.1. The maximum absolute atomic E-state index is 13.2. The van der Waals surface area contributed by atoms with E-state index in [9.17, 15) is 24.0 Å². The number of carboxylic acid groups (broad SMARTS) is 1. The van der Waals surface area contributed by atoms with Crippen molar-refractivity contribution in [3.8, 4) is 0 Å². The largest absolute Gasteiger partial charge is 0.481 e. The number of alkyl carbamates (subject to hydrolysis) is 1. The summed E-state index contributed by atoms with van der Waals surface area (Å²) in [5.74, 6) is -3.06. The zero-order valence-electron chi connectivity index (χ0n) is 24.0. The van der Waals surface area contributed by atoms with Crippen molar-refractivity contribution < 1.29 is 38.6 Å². The minimum absolute atomic E-state index is 0.00240. The number of hydrogen-bond donors (Lipinski definition) is 4. The number of ether oxygens (including phenoxy) is 2. The molecule has 214 valence electrons. The summed E-state index contributed by atoms with van der Waals surface area (Å²) in [7, 11) is 0. The second-order valence-electron chi connectivity index (χ2n) is 12.0. The standard InChI is InChI=1S/C26H47N3O8/c1-15(2)13-18(21(32)27-17(11-12-20(30)31)23(34)36-25(5,6)7)28-22(33)19(14-16(3)4)29-24(35)37-26(8,9)10/h15-19H,11-14H2,1-10H3,(H,27,32)(H,28,33)(H,29,35)(H,30,31)/t17?,18-,19-/m0/s1. The summed E-state index contributed by atoms with van der Waals surface area (Å²) >= 11 is 0. The maximum atomic E-state index is 13.2. The molecule has 0 saturated heterocycles. The fourth-order valence-corrected chi connectivity index (χ4v) is 3.29. The van der Waals surface area contributed by atoms with Gasteiger partial charge in [-0.1, -0.05) is 27.7 Å². The third-order valence-corrected chi connectivity index (χ3v) is 4.71. The van der Waals surface area contributed by atoms with Crippen LogP contribution in [-0.4, -0.2) is 64.3 Å². The number of amides is 3. The van der Waals surface area contributed by atoms with Gasteiger partial charge in [0.05, 0.1) is 0 Å². The van der Waals surface area contributed by atoms with E-state index in [0.29, 0.717) is 6.42 Å². The van der Waals surface area contributed by atoms with Gasteiger partial charge in [-0.05, 0) is 72.6 Å². The quantitative estimate of drug-likeness (QED) is 0.265. The van der Waals surface area contributed by atoms with Crippen molar-refractivity contribution in [2.24, 2.45) is 11.8 Å². The molecule has 0 heterocycles. The number of aliphatic carboxylic acids is 1. The number of carboxylic acids is 1. The highest BCUT2D eigenvalue weighted by molar-refractivity contribution is 5.93. The third kappa shape index (κ3) is 16.5. The van der Waals surface area contributed by atoms with Gasteiger partial charge in [0.25, 0.3) is 0 Å². The molecule has 0 saturated carbocycles. The summed E-state index contributed by atoms with van der Waals surface area (Å²) in [6, 6.07) is -3.19. The van der Waals surface area contributed by atoms with Crippen molar-refractivity contribution in [3.63, 3.8) is 0 Å². The zero-order chi connectivity index (χ0) is 29.1. The van der Waals surface area contributed by atoms with Gasteiger partial charge in [0, 0.05) is 6.42 Å². The van der Waals surface area contributed by atoms with Crippen molar-refractivity contribution in [2.45, 2.75) is 124 Å². The lowest BCUT2D eigenvalue weighted by molar-refractivity contribution is -0.159. The molecule has 4 N–H and O–H groups in total. The first-order chi connectivity index (χ1) is 16.7. The molecule has 3 atom stereocenters. The molecule has 0 spiro atoms. The van der Waals surface area contributed by atoms with Crippen molar-refractivity contribution in [1.82, 2.24) is 16.0 Å². The van der Waals surface area contributed by atoms with Gasteiger partial charge in [0.2, 0.25) is 11.8 Å². The fraction of sp³-hybridized carbons (Fsp3) is 0.808. The molecule has 0 radical (unpaired) electrons. The average molecular weight is 530 g/mol. The van der Waals surface area contributed by atoms with Crippen LogP contribution in [0.3, 0.4) is 0 Å². The molecule has 3 amide bonds. The normalized spacial score (nSPS) is 14.4. The second-order valence-corrected chi connectivity index (χ2v) is 12.0. The zero-order valence-corrected chi connectivity index (χ0v) is 24.0. The SMILES string of the molecule is CC(C)C[C@H](NC(=O)OC(C)(C)C)C(=O)N[C@@H](CC(C)C)C(=O)NC(CCC(=O)O)C(=O)OC(C)(C)C. The monoisotopic (exact) mass is 529 g/mol. The molecule has 0 fully saturated rings. The average Bonchev–Trinajstić information content (AvgIpc) is 2.66. The Labute approximate surface area is 220 Å². The summed E-state index contributed by atoms with van der Waals surface area (Å²) in [6.45, 7) is 17.6. The van der Waals surface area contributed by atoms with Crippen molar-refractivity contribution in [3.05, 3.63) is 0 Å². The van der Waals surface area contributed by atoms with Crippen LogP contribution in [0.2, 0.25) is 0 Å². The lowest BCUT2D eigenvalue weighted by atomic mass is 9.99. The van der Waals surface area contributed by atoms with Crippen molar-refractivity contribution >= 4 is 29.8 Å². The number of hydrogen-bond acceptors (Lipinski definition) is 7. The van der Waals surface area contributed by atoms with Crippen LogP contribution >= 0.6 is 0 Å². The molecule has 0 aliphatic heterocycles. The van der Waals surface area contributed by atoms with Gasteiger partial charge in [-0.2, -0.15) is 0 Å². The maximum Gasteiger partial charge on any atom is 0.408 e. The molecular formula is C26H47N3O8. The Morgan fingerprint density at radius 2 is 1.08 bits per heavy atom. The number of rotatable bonds is 13. The lowest BCUT2D eigenvalue weighted by Crippen LogP contribution is -2.57. The van der Waals surface area contributed by atoms with E-state index >= 15 is 0 Å². The molecular weight excluding hydrogens is 482 g/mol. The summed E-state index contributed by atoms with van der Waals surface area (Å²) in [6.07, 6.45) is -0.730. The second kappa shape index (κ2) is 14.8. The molecule has 0 aromatic carbocycles. The highest BCUT2D eigenvalue weighted by Crippen LogP contribution is 2.14. The summed E-state index contributed by atoms with van der Waals surface area (Å²) in [5.41, 5.74) is -1.60.